The van der Waals surface area contributed by atoms with Gasteiger partial charge in [0, 0.05) is 40.6 Å². The van der Waals surface area contributed by atoms with Crippen LogP contribution >= 0.6 is 15.9 Å². The van der Waals surface area contributed by atoms with Gasteiger partial charge in [0.2, 0.25) is 5.91 Å². The number of rotatable bonds is 3. The molecular formula is C23H21BrN2O4. The number of hydrogen-bond donors (Lipinski definition) is 0. The molecule has 1 atom stereocenters. The standard InChI is InChI=1S/C23H21BrN2O4/c1-23(2)12-19-22(20(27)13-23)16(14-6-5-7-15(24)10-14)11-21(28)25(19)17-8-3-4-9-18(17)26(29)30/h3-10,16H,11-13H2,1-2H3. The van der Waals surface area contributed by atoms with Gasteiger partial charge in [-0.3, -0.25) is 24.6 Å². The average molecular weight is 469 g/mol. The van der Waals surface area contributed by atoms with Gasteiger partial charge in [-0.25, -0.2) is 0 Å². The smallest absolute Gasteiger partial charge is 0.293 e. The molecular weight excluding hydrogens is 448 g/mol. The van der Waals surface area contributed by atoms with Crippen LogP contribution in [-0.4, -0.2) is 16.6 Å². The van der Waals surface area contributed by atoms with Crippen LogP contribution in [0.1, 0.15) is 44.6 Å². The van der Waals surface area contributed by atoms with Crippen LogP contribution in [0.4, 0.5) is 11.4 Å². The van der Waals surface area contributed by atoms with Crippen LogP contribution in [-0.2, 0) is 9.59 Å². The number of carbonyl (C=O) groups is 2. The van der Waals surface area contributed by atoms with E-state index in [1.54, 1.807) is 18.2 Å². The second-order valence-electron chi connectivity index (χ2n) is 8.59. The lowest BCUT2D eigenvalue weighted by Crippen LogP contribution is -2.44. The summed E-state index contributed by atoms with van der Waals surface area (Å²) in [5, 5.41) is 11.6. The normalized spacial score (nSPS) is 20.9. The fourth-order valence-corrected chi connectivity index (χ4v) is 4.93. The molecule has 2 aromatic carbocycles. The van der Waals surface area contributed by atoms with E-state index in [2.05, 4.69) is 15.9 Å². The predicted molar refractivity (Wildman–Crippen MR) is 117 cm³/mol. The van der Waals surface area contributed by atoms with Crippen LogP contribution in [0, 0.1) is 15.5 Å². The van der Waals surface area contributed by atoms with Gasteiger partial charge in [0.1, 0.15) is 5.69 Å². The van der Waals surface area contributed by atoms with Gasteiger partial charge in [-0.15, -0.1) is 0 Å². The number of carbonyl (C=O) groups excluding carboxylic acids is 2. The molecule has 1 heterocycles. The van der Waals surface area contributed by atoms with E-state index in [1.165, 1.54) is 11.0 Å². The molecule has 7 heteroatoms. The van der Waals surface area contributed by atoms with Crippen LogP contribution in [0.2, 0.25) is 0 Å². The summed E-state index contributed by atoms with van der Waals surface area (Å²) in [5.41, 5.74) is 1.82. The van der Waals surface area contributed by atoms with E-state index in [9.17, 15) is 19.7 Å². The third kappa shape index (κ3) is 3.58. The molecule has 4 rings (SSSR count). The van der Waals surface area contributed by atoms with Gasteiger partial charge in [-0.1, -0.05) is 54.0 Å². The maximum absolute atomic E-state index is 13.4. The molecule has 0 spiro atoms. The molecule has 154 valence electrons. The lowest BCUT2D eigenvalue weighted by Gasteiger charge is -2.42. The van der Waals surface area contributed by atoms with E-state index in [4.69, 9.17) is 0 Å². The molecule has 2 aliphatic rings. The summed E-state index contributed by atoms with van der Waals surface area (Å²) in [7, 11) is 0. The van der Waals surface area contributed by atoms with E-state index in [-0.39, 0.29) is 40.8 Å². The van der Waals surface area contributed by atoms with Crippen LogP contribution < -0.4 is 4.90 Å². The Kier molecular flexibility index (Phi) is 5.10. The maximum Gasteiger partial charge on any atom is 0.293 e. The highest BCUT2D eigenvalue weighted by molar-refractivity contribution is 9.10. The number of anilines is 1. The van der Waals surface area contributed by atoms with Crippen LogP contribution in [0.25, 0.3) is 0 Å². The van der Waals surface area contributed by atoms with E-state index in [0.717, 1.165) is 10.0 Å². The number of nitro benzene ring substituents is 1. The molecule has 0 fully saturated rings. The Bertz CT molecular complexity index is 1110. The maximum atomic E-state index is 13.4. The quantitative estimate of drug-likeness (QED) is 0.438. The zero-order valence-electron chi connectivity index (χ0n) is 16.7. The summed E-state index contributed by atoms with van der Waals surface area (Å²) in [6.07, 6.45) is 0.971. The topological polar surface area (TPSA) is 80.5 Å². The summed E-state index contributed by atoms with van der Waals surface area (Å²) < 4.78 is 0.874. The van der Waals surface area contributed by atoms with Crippen molar-refractivity contribution in [1.82, 2.24) is 0 Å². The van der Waals surface area contributed by atoms with Crippen molar-refractivity contribution < 1.29 is 14.5 Å². The Labute approximate surface area is 182 Å². The Morgan fingerprint density at radius 1 is 1.10 bits per heavy atom. The summed E-state index contributed by atoms with van der Waals surface area (Å²) >= 11 is 3.47. The van der Waals surface area contributed by atoms with Crippen LogP contribution in [0.3, 0.4) is 0 Å². The third-order valence-corrected chi connectivity index (χ3v) is 6.21. The number of halogens is 1. The van der Waals surface area contributed by atoms with Gasteiger partial charge in [-0.05, 0) is 35.6 Å². The number of nitrogens with zero attached hydrogens (tertiary/aromatic N) is 2. The first-order valence-corrected chi connectivity index (χ1v) is 10.6. The monoisotopic (exact) mass is 468 g/mol. The molecule has 1 aliphatic carbocycles. The number of benzene rings is 2. The Morgan fingerprint density at radius 3 is 2.53 bits per heavy atom. The summed E-state index contributed by atoms with van der Waals surface area (Å²) in [6.45, 7) is 3.97. The highest BCUT2D eigenvalue weighted by Crippen LogP contribution is 2.49. The van der Waals surface area contributed by atoms with Gasteiger partial charge in [0.25, 0.3) is 5.69 Å². The molecule has 0 radical (unpaired) electrons. The van der Waals surface area contributed by atoms with Crippen molar-refractivity contribution in [1.29, 1.82) is 0 Å². The lowest BCUT2D eigenvalue weighted by molar-refractivity contribution is -0.384. The van der Waals surface area contributed by atoms with Crippen molar-refractivity contribution >= 4 is 39.0 Å². The second kappa shape index (κ2) is 7.47. The number of ketones is 1. The van der Waals surface area contributed by atoms with Crippen molar-refractivity contribution in [2.45, 2.75) is 39.0 Å². The van der Waals surface area contributed by atoms with Crippen molar-refractivity contribution in [2.24, 2.45) is 5.41 Å². The van der Waals surface area contributed by atoms with Crippen molar-refractivity contribution in [3.05, 3.63) is 80.0 Å². The van der Waals surface area contributed by atoms with Crippen molar-refractivity contribution in [2.75, 3.05) is 4.90 Å². The van der Waals surface area contributed by atoms with E-state index < -0.39 is 4.92 Å². The minimum absolute atomic E-state index is 0.00214. The molecule has 6 nitrogen and oxygen atoms in total. The van der Waals surface area contributed by atoms with Gasteiger partial charge in [0.05, 0.1) is 4.92 Å². The van der Waals surface area contributed by atoms with Gasteiger partial charge < -0.3 is 0 Å². The number of nitro groups is 1. The number of amides is 1. The lowest BCUT2D eigenvalue weighted by atomic mass is 9.69. The highest BCUT2D eigenvalue weighted by atomic mass is 79.9. The van der Waals surface area contributed by atoms with E-state index in [0.29, 0.717) is 24.1 Å². The Hall–Kier alpha value is -2.80. The van der Waals surface area contributed by atoms with E-state index >= 15 is 0 Å². The molecule has 1 unspecified atom stereocenters. The first-order valence-electron chi connectivity index (χ1n) is 9.76. The Balaban J connectivity index is 1.95. The number of allylic oxidation sites excluding steroid dienone is 2. The summed E-state index contributed by atoms with van der Waals surface area (Å²) in [4.78, 5) is 39.2. The second-order valence-corrected chi connectivity index (χ2v) is 9.50. The molecule has 0 aromatic heterocycles. The van der Waals surface area contributed by atoms with Crippen LogP contribution in [0.15, 0.2) is 64.3 Å². The predicted octanol–water partition coefficient (Wildman–Crippen LogP) is 5.52. The fourth-order valence-electron chi connectivity index (χ4n) is 4.51. The van der Waals surface area contributed by atoms with Gasteiger partial charge in [0.15, 0.2) is 5.78 Å². The molecule has 0 saturated carbocycles. The van der Waals surface area contributed by atoms with Crippen LogP contribution in [0.5, 0.6) is 0 Å². The zero-order valence-corrected chi connectivity index (χ0v) is 18.3. The van der Waals surface area contributed by atoms with E-state index in [1.807, 2.05) is 38.1 Å². The first-order chi connectivity index (χ1) is 14.2. The summed E-state index contributed by atoms with van der Waals surface area (Å²) in [5.74, 6) is -0.589. The molecule has 1 aliphatic heterocycles. The SMILES string of the molecule is CC1(C)CC(=O)C2=C(C1)N(c1ccccc1[N+](=O)[O-])C(=O)CC2c1cccc(Br)c1. The average Bonchev–Trinajstić information content (AvgIpc) is 2.66. The minimum atomic E-state index is -0.487. The number of Topliss-reactive ketones (excluding diaryl/α,β-unsaturated/α-hetero) is 1. The first kappa shape index (κ1) is 20.5. The highest BCUT2D eigenvalue weighted by Gasteiger charge is 2.45. The molecule has 0 bridgehead atoms. The molecule has 2 aromatic rings. The van der Waals surface area contributed by atoms with Gasteiger partial charge >= 0.3 is 0 Å². The molecule has 1 amide bonds. The number of para-hydroxylation sites is 2. The minimum Gasteiger partial charge on any atom is -0.294 e. The summed E-state index contributed by atoms with van der Waals surface area (Å²) in [6, 6.07) is 13.8. The molecule has 0 saturated heterocycles. The molecule has 0 N–H and O–H groups in total. The van der Waals surface area contributed by atoms with Crippen molar-refractivity contribution in [3.63, 3.8) is 0 Å². The Morgan fingerprint density at radius 2 is 1.83 bits per heavy atom. The third-order valence-electron chi connectivity index (χ3n) is 5.71. The number of hydrogen-bond acceptors (Lipinski definition) is 4. The fraction of sp³-hybridized carbons (Fsp3) is 0.304. The van der Waals surface area contributed by atoms with Crippen molar-refractivity contribution in [3.8, 4) is 0 Å². The zero-order chi connectivity index (χ0) is 21.6. The largest absolute Gasteiger partial charge is 0.294 e. The van der Waals surface area contributed by atoms with Gasteiger partial charge in [-0.2, -0.15) is 0 Å². The molecule has 30 heavy (non-hydrogen) atoms.